The maximum absolute atomic E-state index is 13.2. The molecule has 1 amide bonds. The summed E-state index contributed by atoms with van der Waals surface area (Å²) in [6.45, 7) is 2.42. The van der Waals surface area contributed by atoms with Gasteiger partial charge in [0.05, 0.1) is 55.0 Å². The van der Waals surface area contributed by atoms with Gasteiger partial charge >= 0.3 is 0 Å². The maximum Gasteiger partial charge on any atom is 0.229 e. The number of nitrogens with two attached hydrogens (primary N) is 1. The van der Waals surface area contributed by atoms with Gasteiger partial charge in [0.2, 0.25) is 5.91 Å². The van der Waals surface area contributed by atoms with Crippen molar-refractivity contribution < 1.29 is 13.9 Å². The van der Waals surface area contributed by atoms with Gasteiger partial charge in [0, 0.05) is 23.9 Å². The van der Waals surface area contributed by atoms with Crippen LogP contribution in [0.15, 0.2) is 42.6 Å². The number of carbonyl (C=O) groups is 1. The average molecular weight is 393 g/mol. The average Bonchev–Trinajstić information content (AvgIpc) is 3.22. The number of halogens is 1. The Morgan fingerprint density at radius 2 is 1.97 bits per heavy atom. The summed E-state index contributed by atoms with van der Waals surface area (Å²) in [4.78, 5) is 19.2. The lowest BCUT2D eigenvalue weighted by Gasteiger charge is -2.26. The Labute approximate surface area is 166 Å². The molecular weight excluding hydrogens is 373 g/mol. The van der Waals surface area contributed by atoms with E-state index in [0.717, 1.165) is 16.8 Å². The monoisotopic (exact) mass is 393 g/mol. The molecule has 2 N–H and O–H groups in total. The number of fused-ring (bicyclic) bond motifs is 1. The predicted octanol–water partition coefficient (Wildman–Crippen LogP) is 2.32. The summed E-state index contributed by atoms with van der Waals surface area (Å²) in [5.74, 6) is -0.350. The van der Waals surface area contributed by atoms with Gasteiger partial charge in [-0.05, 0) is 36.4 Å². The summed E-state index contributed by atoms with van der Waals surface area (Å²) in [7, 11) is 0. The molecule has 0 atom stereocenters. The highest BCUT2D eigenvalue weighted by Crippen LogP contribution is 2.27. The van der Waals surface area contributed by atoms with Crippen molar-refractivity contribution >= 4 is 11.6 Å². The molecule has 1 aromatic carbocycles. The Kier molecular flexibility index (Phi) is 4.28. The van der Waals surface area contributed by atoms with Crippen LogP contribution in [0.4, 0.5) is 10.1 Å². The van der Waals surface area contributed by atoms with E-state index in [-0.39, 0.29) is 18.1 Å². The Hall–Kier alpha value is -3.26. The van der Waals surface area contributed by atoms with E-state index in [1.165, 1.54) is 12.1 Å². The van der Waals surface area contributed by atoms with Crippen molar-refractivity contribution in [1.29, 1.82) is 0 Å². The lowest BCUT2D eigenvalue weighted by molar-refractivity contribution is -0.131. The smallest absolute Gasteiger partial charge is 0.229 e. The van der Waals surface area contributed by atoms with Crippen LogP contribution in [0, 0.1) is 5.82 Å². The van der Waals surface area contributed by atoms with Gasteiger partial charge in [-0.2, -0.15) is 5.10 Å². The normalized spacial score (nSPS) is 16.0. The summed E-state index contributed by atoms with van der Waals surface area (Å²) in [5, 5.41) is 4.60. The zero-order valence-corrected chi connectivity index (χ0v) is 15.7. The van der Waals surface area contributed by atoms with Gasteiger partial charge < -0.3 is 15.4 Å². The predicted molar refractivity (Wildman–Crippen MR) is 104 cm³/mol. The molecule has 1 saturated heterocycles. The summed E-state index contributed by atoms with van der Waals surface area (Å²) in [5.41, 5.74) is 10.5. The molecule has 2 aromatic heterocycles. The lowest BCUT2D eigenvalue weighted by Crippen LogP contribution is -2.32. The van der Waals surface area contributed by atoms with Crippen molar-refractivity contribution in [2.24, 2.45) is 0 Å². The van der Waals surface area contributed by atoms with Gasteiger partial charge in [0.25, 0.3) is 0 Å². The second-order valence-electron chi connectivity index (χ2n) is 7.44. The van der Waals surface area contributed by atoms with Crippen LogP contribution in [0.25, 0.3) is 11.3 Å². The zero-order valence-electron chi connectivity index (χ0n) is 15.7. The molecule has 0 bridgehead atoms. The van der Waals surface area contributed by atoms with Crippen LogP contribution in [-0.2, 0) is 29.0 Å². The van der Waals surface area contributed by atoms with Crippen molar-refractivity contribution in [3.63, 3.8) is 0 Å². The maximum atomic E-state index is 13.2. The van der Waals surface area contributed by atoms with Crippen LogP contribution in [0.3, 0.4) is 0 Å². The van der Waals surface area contributed by atoms with E-state index in [2.05, 4.69) is 10.1 Å². The molecule has 0 unspecified atom stereocenters. The molecule has 0 saturated carbocycles. The van der Waals surface area contributed by atoms with Crippen molar-refractivity contribution in [1.82, 2.24) is 19.7 Å². The first-order valence-corrected chi connectivity index (χ1v) is 9.50. The van der Waals surface area contributed by atoms with E-state index in [1.807, 2.05) is 10.9 Å². The summed E-state index contributed by atoms with van der Waals surface area (Å²) in [6, 6.07) is 9.90. The molecule has 7 nitrogen and oxygen atoms in total. The van der Waals surface area contributed by atoms with Gasteiger partial charge in [-0.25, -0.2) is 4.39 Å². The number of rotatable bonds is 4. The summed E-state index contributed by atoms with van der Waals surface area (Å²) < 4.78 is 20.3. The molecule has 0 aliphatic carbocycles. The minimum Gasteiger partial charge on any atom is -0.397 e. The van der Waals surface area contributed by atoms with Crippen LogP contribution in [0.2, 0.25) is 0 Å². The SMILES string of the molecule is Nc1ccc(-c2ccc(F)cc2)nc1CC(=O)N1Cc2cn(C3COC3)nc2C1. The van der Waals surface area contributed by atoms with Crippen LogP contribution in [0.1, 0.15) is 23.0 Å². The molecule has 0 radical (unpaired) electrons. The first-order chi connectivity index (χ1) is 14.1. The van der Waals surface area contributed by atoms with E-state index in [0.29, 0.717) is 49.4 Å². The molecule has 148 valence electrons. The number of benzene rings is 1. The van der Waals surface area contributed by atoms with Crippen molar-refractivity contribution in [2.45, 2.75) is 25.6 Å². The Morgan fingerprint density at radius 1 is 1.17 bits per heavy atom. The number of ether oxygens (including phenoxy) is 1. The third kappa shape index (κ3) is 3.36. The van der Waals surface area contributed by atoms with Gasteiger partial charge in [-0.15, -0.1) is 0 Å². The Balaban J connectivity index is 1.29. The third-order valence-corrected chi connectivity index (χ3v) is 5.41. The number of aromatic nitrogens is 3. The number of nitrogen functional groups attached to an aromatic ring is 1. The summed E-state index contributed by atoms with van der Waals surface area (Å²) in [6.07, 6.45) is 2.12. The van der Waals surface area contributed by atoms with E-state index in [9.17, 15) is 9.18 Å². The van der Waals surface area contributed by atoms with Gasteiger partial charge in [0.15, 0.2) is 0 Å². The van der Waals surface area contributed by atoms with Crippen LogP contribution >= 0.6 is 0 Å². The largest absolute Gasteiger partial charge is 0.397 e. The number of amides is 1. The molecule has 1 fully saturated rings. The fourth-order valence-corrected chi connectivity index (χ4v) is 3.60. The fraction of sp³-hybridized carbons (Fsp3) is 0.286. The van der Waals surface area contributed by atoms with E-state index < -0.39 is 0 Å². The number of carbonyl (C=O) groups excluding carboxylic acids is 1. The number of pyridine rings is 1. The molecule has 2 aliphatic heterocycles. The fourth-order valence-electron chi connectivity index (χ4n) is 3.60. The van der Waals surface area contributed by atoms with Crippen molar-refractivity contribution in [3.8, 4) is 11.3 Å². The highest BCUT2D eigenvalue weighted by molar-refractivity contribution is 5.80. The molecule has 3 aromatic rings. The minimum absolute atomic E-state index is 0.0445. The molecule has 29 heavy (non-hydrogen) atoms. The zero-order chi connectivity index (χ0) is 20.0. The van der Waals surface area contributed by atoms with E-state index in [4.69, 9.17) is 10.5 Å². The minimum atomic E-state index is -0.306. The highest BCUT2D eigenvalue weighted by atomic mass is 19.1. The van der Waals surface area contributed by atoms with E-state index in [1.54, 1.807) is 29.2 Å². The van der Waals surface area contributed by atoms with Gasteiger partial charge in [-0.1, -0.05) is 0 Å². The van der Waals surface area contributed by atoms with Gasteiger partial charge in [-0.3, -0.25) is 14.5 Å². The first kappa shape index (κ1) is 17.8. The van der Waals surface area contributed by atoms with Crippen molar-refractivity contribution in [3.05, 3.63) is 65.4 Å². The van der Waals surface area contributed by atoms with Crippen LogP contribution in [-0.4, -0.2) is 38.8 Å². The highest BCUT2D eigenvalue weighted by Gasteiger charge is 2.30. The molecule has 8 heteroatoms. The molecule has 4 heterocycles. The molecule has 2 aliphatic rings. The Bertz CT molecular complexity index is 1050. The number of anilines is 1. The lowest BCUT2D eigenvalue weighted by atomic mass is 10.1. The second-order valence-corrected chi connectivity index (χ2v) is 7.44. The van der Waals surface area contributed by atoms with Crippen LogP contribution in [0.5, 0.6) is 0 Å². The van der Waals surface area contributed by atoms with E-state index >= 15 is 0 Å². The molecule has 0 spiro atoms. The molecular formula is C21H20FN5O2. The van der Waals surface area contributed by atoms with Crippen molar-refractivity contribution in [2.75, 3.05) is 18.9 Å². The molecule has 5 rings (SSSR count). The number of nitrogens with zero attached hydrogens (tertiary/aromatic N) is 4. The van der Waals surface area contributed by atoms with Gasteiger partial charge in [0.1, 0.15) is 5.82 Å². The van der Waals surface area contributed by atoms with Crippen LogP contribution < -0.4 is 5.73 Å². The third-order valence-electron chi connectivity index (χ3n) is 5.41. The second kappa shape index (κ2) is 6.97. The first-order valence-electron chi connectivity index (χ1n) is 9.50. The summed E-state index contributed by atoms with van der Waals surface area (Å²) >= 11 is 0. The number of hydrogen-bond acceptors (Lipinski definition) is 5. The quantitative estimate of drug-likeness (QED) is 0.735. The Morgan fingerprint density at radius 3 is 2.66 bits per heavy atom. The topological polar surface area (TPSA) is 86.3 Å². The standard InChI is InChI=1S/C21H20FN5O2/c22-15-3-1-13(2-4-15)18-6-5-17(23)19(24-18)7-21(28)26-8-14-9-27(16-11-29-12-16)25-20(14)10-26/h1-6,9,16H,7-8,10-12,23H2. The number of hydrogen-bond donors (Lipinski definition) is 1.